The van der Waals surface area contributed by atoms with Crippen LogP contribution < -0.4 is 4.74 Å². The molecule has 1 aromatic rings. The van der Waals surface area contributed by atoms with Crippen LogP contribution in [0.5, 0.6) is 5.75 Å². The summed E-state index contributed by atoms with van der Waals surface area (Å²) in [5.74, 6) is 0.998. The number of hydrogen-bond donors (Lipinski definition) is 1. The molecular weight excluding hydrogens is 352 g/mol. The minimum atomic E-state index is -0.868. The third kappa shape index (κ3) is 3.67. The van der Waals surface area contributed by atoms with E-state index in [1.807, 2.05) is 36.2 Å². The van der Waals surface area contributed by atoms with Gasteiger partial charge in [0, 0.05) is 30.7 Å². The monoisotopic (exact) mass is 386 g/mol. The molecule has 0 spiro atoms. The van der Waals surface area contributed by atoms with Crippen LogP contribution >= 0.6 is 0 Å². The second kappa shape index (κ2) is 8.03. The molecule has 1 aliphatic carbocycles. The third-order valence-electron chi connectivity index (χ3n) is 7.36. The Morgan fingerprint density at radius 3 is 2.43 bits per heavy atom. The fraction of sp³-hybridized carbons (Fsp3) is 0.696. The molecule has 2 bridgehead atoms. The molecule has 28 heavy (non-hydrogen) atoms. The van der Waals surface area contributed by atoms with Crippen molar-refractivity contribution in [1.29, 1.82) is 0 Å². The summed E-state index contributed by atoms with van der Waals surface area (Å²) in [6.07, 6.45) is 9.52. The third-order valence-corrected chi connectivity index (χ3v) is 7.36. The van der Waals surface area contributed by atoms with Gasteiger partial charge in [-0.05, 0) is 44.6 Å². The molecule has 1 amide bonds. The first-order valence-electron chi connectivity index (χ1n) is 10.9. The SMILES string of the molecule is COc1ccccc1C1(O)CC2CCC(C1)N2CC(=O)N(C)C1CCCCC1. The van der Waals surface area contributed by atoms with Gasteiger partial charge in [0.1, 0.15) is 5.75 Å². The second-order valence-electron chi connectivity index (χ2n) is 8.99. The van der Waals surface area contributed by atoms with Crippen molar-refractivity contribution >= 4 is 5.91 Å². The Kier molecular flexibility index (Phi) is 5.66. The van der Waals surface area contributed by atoms with Gasteiger partial charge >= 0.3 is 0 Å². The van der Waals surface area contributed by atoms with Crippen LogP contribution in [0.1, 0.15) is 63.4 Å². The molecule has 0 aromatic heterocycles. The highest BCUT2D eigenvalue weighted by Crippen LogP contribution is 2.47. The minimum Gasteiger partial charge on any atom is -0.496 e. The summed E-state index contributed by atoms with van der Waals surface area (Å²) in [6, 6.07) is 8.74. The average Bonchev–Trinajstić information content (AvgIpc) is 2.97. The van der Waals surface area contributed by atoms with E-state index in [0.717, 1.165) is 37.0 Å². The van der Waals surface area contributed by atoms with Gasteiger partial charge in [-0.3, -0.25) is 9.69 Å². The lowest BCUT2D eigenvalue weighted by molar-refractivity contribution is -0.137. The average molecular weight is 387 g/mol. The van der Waals surface area contributed by atoms with E-state index in [9.17, 15) is 9.90 Å². The van der Waals surface area contributed by atoms with E-state index in [1.54, 1.807) is 7.11 Å². The van der Waals surface area contributed by atoms with Gasteiger partial charge in [0.2, 0.25) is 5.91 Å². The van der Waals surface area contributed by atoms with E-state index < -0.39 is 5.60 Å². The van der Waals surface area contributed by atoms with Crippen LogP contribution in [-0.4, -0.2) is 59.6 Å². The maximum atomic E-state index is 13.0. The number of piperidine rings is 1. The van der Waals surface area contributed by atoms with Crippen LogP contribution in [-0.2, 0) is 10.4 Å². The van der Waals surface area contributed by atoms with Gasteiger partial charge in [-0.1, -0.05) is 37.5 Å². The number of nitrogens with zero attached hydrogens (tertiary/aromatic N) is 2. The molecule has 5 nitrogen and oxygen atoms in total. The lowest BCUT2D eigenvalue weighted by atomic mass is 9.80. The minimum absolute atomic E-state index is 0.242. The molecule has 3 fully saturated rings. The van der Waals surface area contributed by atoms with Crippen LogP contribution in [0.3, 0.4) is 0 Å². The highest BCUT2D eigenvalue weighted by molar-refractivity contribution is 5.78. The fourth-order valence-electron chi connectivity index (χ4n) is 5.76. The van der Waals surface area contributed by atoms with Crippen molar-refractivity contribution < 1.29 is 14.6 Å². The number of ether oxygens (including phenoxy) is 1. The molecule has 2 saturated heterocycles. The topological polar surface area (TPSA) is 53.0 Å². The maximum absolute atomic E-state index is 13.0. The quantitative estimate of drug-likeness (QED) is 0.844. The van der Waals surface area contributed by atoms with Crippen molar-refractivity contribution in [2.75, 3.05) is 20.7 Å². The second-order valence-corrected chi connectivity index (χ2v) is 8.99. The van der Waals surface area contributed by atoms with Crippen LogP contribution in [0.4, 0.5) is 0 Å². The zero-order valence-corrected chi connectivity index (χ0v) is 17.3. The number of methoxy groups -OCH3 is 1. The van der Waals surface area contributed by atoms with Crippen LogP contribution in [0.2, 0.25) is 0 Å². The predicted octanol–water partition coefficient (Wildman–Crippen LogP) is 3.30. The van der Waals surface area contributed by atoms with Crippen molar-refractivity contribution in [2.24, 2.45) is 0 Å². The molecule has 0 radical (unpaired) electrons. The number of rotatable bonds is 5. The van der Waals surface area contributed by atoms with Crippen LogP contribution in [0.25, 0.3) is 0 Å². The van der Waals surface area contributed by atoms with Crippen molar-refractivity contribution in [3.05, 3.63) is 29.8 Å². The molecule has 2 heterocycles. The van der Waals surface area contributed by atoms with Crippen molar-refractivity contribution in [3.8, 4) is 5.75 Å². The number of carbonyl (C=O) groups is 1. The normalized spacial score (nSPS) is 31.0. The number of amides is 1. The molecule has 1 N–H and O–H groups in total. The van der Waals surface area contributed by atoms with Crippen molar-refractivity contribution in [3.63, 3.8) is 0 Å². The standard InChI is InChI=1S/C23H34N2O3/c1-24(17-8-4-3-5-9-17)22(26)16-25-18-12-13-19(25)15-23(27,14-18)20-10-6-7-11-21(20)28-2/h6-7,10-11,17-19,27H,3-5,8-9,12-16H2,1-2H3. The summed E-state index contributed by atoms with van der Waals surface area (Å²) in [4.78, 5) is 17.3. The Balaban J connectivity index is 1.44. The number of aliphatic hydroxyl groups is 1. The summed E-state index contributed by atoms with van der Waals surface area (Å²) in [6.45, 7) is 0.490. The van der Waals surface area contributed by atoms with E-state index in [0.29, 0.717) is 25.4 Å². The van der Waals surface area contributed by atoms with E-state index in [4.69, 9.17) is 4.74 Å². The summed E-state index contributed by atoms with van der Waals surface area (Å²) < 4.78 is 5.51. The maximum Gasteiger partial charge on any atom is 0.236 e. The molecule has 4 rings (SSSR count). The first-order chi connectivity index (χ1) is 13.5. The van der Waals surface area contributed by atoms with Crippen molar-refractivity contribution in [1.82, 2.24) is 9.80 Å². The Morgan fingerprint density at radius 2 is 1.79 bits per heavy atom. The van der Waals surface area contributed by atoms with E-state index in [2.05, 4.69) is 4.90 Å². The molecule has 1 saturated carbocycles. The molecule has 3 aliphatic rings. The largest absolute Gasteiger partial charge is 0.496 e. The van der Waals surface area contributed by atoms with Gasteiger partial charge in [0.15, 0.2) is 0 Å². The summed E-state index contributed by atoms with van der Waals surface area (Å²) in [5.41, 5.74) is 0.0208. The lowest BCUT2D eigenvalue weighted by Gasteiger charge is -2.44. The molecule has 2 atom stereocenters. The highest BCUT2D eigenvalue weighted by atomic mass is 16.5. The van der Waals surface area contributed by atoms with Gasteiger partial charge in [0.25, 0.3) is 0 Å². The summed E-state index contributed by atoms with van der Waals surface area (Å²) in [7, 11) is 3.64. The number of fused-ring (bicyclic) bond motifs is 2. The Hall–Kier alpha value is -1.59. The van der Waals surface area contributed by atoms with Gasteiger partial charge in [-0.2, -0.15) is 0 Å². The predicted molar refractivity (Wildman–Crippen MR) is 109 cm³/mol. The summed E-state index contributed by atoms with van der Waals surface area (Å²) >= 11 is 0. The Morgan fingerprint density at radius 1 is 1.14 bits per heavy atom. The van der Waals surface area contributed by atoms with E-state index in [-0.39, 0.29) is 18.0 Å². The Bertz CT molecular complexity index is 687. The smallest absolute Gasteiger partial charge is 0.236 e. The van der Waals surface area contributed by atoms with Gasteiger partial charge in [-0.15, -0.1) is 0 Å². The molecule has 1 aromatic carbocycles. The number of likely N-dealkylation sites (N-methyl/N-ethyl adjacent to an activating group) is 1. The fourth-order valence-corrected chi connectivity index (χ4v) is 5.76. The van der Waals surface area contributed by atoms with Crippen LogP contribution in [0, 0.1) is 0 Å². The first-order valence-corrected chi connectivity index (χ1v) is 10.9. The summed E-state index contributed by atoms with van der Waals surface area (Å²) in [5, 5.41) is 11.5. The molecular formula is C23H34N2O3. The zero-order chi connectivity index (χ0) is 19.7. The molecule has 2 unspecified atom stereocenters. The molecule has 5 heteroatoms. The van der Waals surface area contributed by atoms with Crippen LogP contribution in [0.15, 0.2) is 24.3 Å². The van der Waals surface area contributed by atoms with Gasteiger partial charge in [-0.25, -0.2) is 0 Å². The highest BCUT2D eigenvalue weighted by Gasteiger charge is 2.49. The number of benzene rings is 1. The number of carbonyl (C=O) groups excluding carboxylic acids is 1. The van der Waals surface area contributed by atoms with Crippen molar-refractivity contribution in [2.45, 2.75) is 81.5 Å². The van der Waals surface area contributed by atoms with E-state index >= 15 is 0 Å². The van der Waals surface area contributed by atoms with Gasteiger partial charge in [0.05, 0.1) is 19.3 Å². The Labute approximate surface area is 168 Å². The van der Waals surface area contributed by atoms with E-state index in [1.165, 1.54) is 19.3 Å². The zero-order valence-electron chi connectivity index (χ0n) is 17.3. The first kappa shape index (κ1) is 19.7. The lowest BCUT2D eigenvalue weighted by Crippen LogP contribution is -2.53. The molecule has 2 aliphatic heterocycles. The number of para-hydroxylation sites is 1. The number of hydrogen-bond acceptors (Lipinski definition) is 4. The molecule has 154 valence electrons. The van der Waals surface area contributed by atoms with Gasteiger partial charge < -0.3 is 14.7 Å².